The van der Waals surface area contributed by atoms with Crippen molar-refractivity contribution in [1.29, 1.82) is 0 Å². The molecule has 0 atom stereocenters. The minimum atomic E-state index is -0.792. The highest BCUT2D eigenvalue weighted by molar-refractivity contribution is 7.99. The minimum Gasteiger partial charge on any atom is -0.450 e. The fourth-order valence-electron chi connectivity index (χ4n) is 2.57. The number of carbonyl (C=O) groups is 2. The second-order valence-corrected chi connectivity index (χ2v) is 6.34. The molecule has 0 aliphatic rings. The fourth-order valence-corrected chi connectivity index (χ4v) is 3.31. The summed E-state index contributed by atoms with van der Waals surface area (Å²) in [5, 5.41) is 11.3. The Balaban J connectivity index is 1.98. The first-order chi connectivity index (χ1) is 13.1. The topological polar surface area (TPSA) is 108 Å². The molecule has 10 heteroatoms. The number of thioether (sulfide) groups is 1. The van der Waals surface area contributed by atoms with Crippen molar-refractivity contribution in [2.24, 2.45) is 0 Å². The van der Waals surface area contributed by atoms with Gasteiger partial charge < -0.3 is 4.74 Å². The number of ether oxygens (including phenoxy) is 1. The number of para-hydroxylation sites is 1. The van der Waals surface area contributed by atoms with Crippen LogP contribution in [0.4, 0.5) is 4.79 Å². The minimum absolute atomic E-state index is 0.0610. The van der Waals surface area contributed by atoms with Gasteiger partial charge in [-0.1, -0.05) is 30.0 Å². The molecule has 2 amide bonds. The van der Waals surface area contributed by atoms with Crippen LogP contribution in [0.3, 0.4) is 0 Å². The predicted octanol–water partition coefficient (Wildman–Crippen LogP) is 1.59. The Bertz CT molecular complexity index is 1090. The molecule has 140 valence electrons. The van der Waals surface area contributed by atoms with Crippen LogP contribution in [0.2, 0.25) is 0 Å². The zero-order chi connectivity index (χ0) is 19.4. The largest absolute Gasteiger partial charge is 0.450 e. The van der Waals surface area contributed by atoms with Crippen LogP contribution >= 0.6 is 11.8 Å². The molecule has 1 N–H and O–H groups in total. The summed E-state index contributed by atoms with van der Waals surface area (Å²) in [6.07, 6.45) is 0.809. The van der Waals surface area contributed by atoms with E-state index in [4.69, 9.17) is 0 Å². The van der Waals surface area contributed by atoms with Gasteiger partial charge in [0.2, 0.25) is 11.7 Å². The maximum Gasteiger partial charge on any atom is 0.413 e. The molecule has 0 saturated heterocycles. The Hall–Kier alpha value is -3.14. The molecule has 0 unspecified atom stereocenters. The summed E-state index contributed by atoms with van der Waals surface area (Å²) in [4.78, 5) is 35.9. The summed E-state index contributed by atoms with van der Waals surface area (Å²) in [5.74, 6) is -0.222. The molecule has 1 aromatic carbocycles. The average molecular weight is 387 g/mol. The molecule has 0 radical (unpaired) electrons. The molecule has 9 nitrogen and oxygen atoms in total. The first kappa shape index (κ1) is 18.6. The van der Waals surface area contributed by atoms with Crippen LogP contribution in [0.1, 0.15) is 6.92 Å². The van der Waals surface area contributed by atoms with Gasteiger partial charge in [-0.25, -0.2) is 4.79 Å². The lowest BCUT2D eigenvalue weighted by molar-refractivity contribution is -0.117. The number of nitrogens with one attached hydrogen (secondary N) is 1. The van der Waals surface area contributed by atoms with Gasteiger partial charge in [-0.2, -0.15) is 0 Å². The first-order valence-corrected chi connectivity index (χ1v) is 9.12. The van der Waals surface area contributed by atoms with Crippen LogP contribution in [0.25, 0.3) is 16.7 Å². The Kier molecular flexibility index (Phi) is 5.55. The van der Waals surface area contributed by atoms with Gasteiger partial charge in [0.25, 0.3) is 5.56 Å². The van der Waals surface area contributed by atoms with Crippen LogP contribution in [0.5, 0.6) is 0 Å². The van der Waals surface area contributed by atoms with E-state index in [0.29, 0.717) is 21.8 Å². The Labute approximate surface area is 158 Å². The number of alkyl carbamates (subject to hydrolysis) is 1. The zero-order valence-electron chi connectivity index (χ0n) is 14.5. The smallest absolute Gasteiger partial charge is 0.413 e. The molecule has 0 saturated carbocycles. The monoisotopic (exact) mass is 387 g/mol. The summed E-state index contributed by atoms with van der Waals surface area (Å²) in [6, 6.07) is 7.09. The number of hydrogen-bond donors (Lipinski definition) is 1. The third kappa shape index (κ3) is 3.70. The lowest BCUT2D eigenvalue weighted by Gasteiger charge is -2.09. The quantitative estimate of drug-likeness (QED) is 0.505. The van der Waals surface area contributed by atoms with Gasteiger partial charge in [0, 0.05) is 6.54 Å². The summed E-state index contributed by atoms with van der Waals surface area (Å²) in [7, 11) is 0. The third-order valence-corrected chi connectivity index (χ3v) is 4.57. The van der Waals surface area contributed by atoms with Crippen LogP contribution in [-0.2, 0) is 16.1 Å². The molecule has 3 rings (SSSR count). The number of imide groups is 1. The molecule has 0 spiro atoms. The maximum absolute atomic E-state index is 12.7. The summed E-state index contributed by atoms with van der Waals surface area (Å²) in [5.41, 5.74) is 0.443. The molecule has 2 aromatic heterocycles. The van der Waals surface area contributed by atoms with Crippen molar-refractivity contribution in [3.05, 3.63) is 47.3 Å². The molecular formula is C17H17N5O4S. The number of nitrogens with zero attached hydrogens (tertiary/aromatic N) is 4. The van der Waals surface area contributed by atoms with E-state index >= 15 is 0 Å². The highest BCUT2D eigenvalue weighted by Crippen LogP contribution is 2.21. The molecule has 27 heavy (non-hydrogen) atoms. The van der Waals surface area contributed by atoms with E-state index < -0.39 is 12.0 Å². The van der Waals surface area contributed by atoms with Gasteiger partial charge >= 0.3 is 6.09 Å². The van der Waals surface area contributed by atoms with Gasteiger partial charge in [-0.3, -0.25) is 23.9 Å². The molecular weight excluding hydrogens is 370 g/mol. The SMILES string of the molecule is C=CCn1c(=O)c2ccccc2n2c(SCC(=O)NC(=O)OCC)nnc12. The van der Waals surface area contributed by atoms with E-state index in [9.17, 15) is 14.4 Å². The third-order valence-electron chi connectivity index (χ3n) is 3.64. The fraction of sp³-hybridized carbons (Fsp3) is 0.235. The van der Waals surface area contributed by atoms with Crippen molar-refractivity contribution in [3.63, 3.8) is 0 Å². The van der Waals surface area contributed by atoms with Crippen molar-refractivity contribution >= 4 is 40.4 Å². The van der Waals surface area contributed by atoms with Crippen LogP contribution in [-0.4, -0.2) is 43.5 Å². The van der Waals surface area contributed by atoms with Crippen LogP contribution in [0, 0.1) is 0 Å². The first-order valence-electron chi connectivity index (χ1n) is 8.13. The highest BCUT2D eigenvalue weighted by Gasteiger charge is 2.17. The van der Waals surface area contributed by atoms with Gasteiger partial charge in [-0.15, -0.1) is 16.8 Å². The molecule has 0 aliphatic heterocycles. The van der Waals surface area contributed by atoms with E-state index in [1.54, 1.807) is 41.7 Å². The molecule has 2 heterocycles. The number of carbonyl (C=O) groups excluding carboxylic acids is 2. The second kappa shape index (κ2) is 8.04. The Morgan fingerprint density at radius 3 is 2.85 bits per heavy atom. The molecule has 0 bridgehead atoms. The highest BCUT2D eigenvalue weighted by atomic mass is 32.2. The summed E-state index contributed by atoms with van der Waals surface area (Å²) >= 11 is 1.10. The lowest BCUT2D eigenvalue weighted by atomic mass is 10.2. The molecule has 3 aromatic rings. The Morgan fingerprint density at radius 2 is 2.11 bits per heavy atom. The van der Waals surface area contributed by atoms with Crippen LogP contribution in [0.15, 0.2) is 46.9 Å². The van der Waals surface area contributed by atoms with Crippen molar-refractivity contribution in [2.45, 2.75) is 18.6 Å². The van der Waals surface area contributed by atoms with E-state index in [2.05, 4.69) is 26.8 Å². The van der Waals surface area contributed by atoms with E-state index in [1.165, 1.54) is 4.57 Å². The molecule has 0 aliphatic carbocycles. The maximum atomic E-state index is 12.7. The zero-order valence-corrected chi connectivity index (χ0v) is 15.4. The van der Waals surface area contributed by atoms with Crippen molar-refractivity contribution in [3.8, 4) is 0 Å². The number of aromatic nitrogens is 4. The average Bonchev–Trinajstić information content (AvgIpc) is 3.07. The Morgan fingerprint density at radius 1 is 1.33 bits per heavy atom. The lowest BCUT2D eigenvalue weighted by Crippen LogP contribution is -2.32. The van der Waals surface area contributed by atoms with Crippen molar-refractivity contribution < 1.29 is 14.3 Å². The number of rotatable bonds is 6. The van der Waals surface area contributed by atoms with E-state index in [-0.39, 0.29) is 24.5 Å². The van der Waals surface area contributed by atoms with E-state index in [0.717, 1.165) is 11.8 Å². The number of benzene rings is 1. The molecule has 0 fully saturated rings. The van der Waals surface area contributed by atoms with Crippen molar-refractivity contribution in [1.82, 2.24) is 24.5 Å². The van der Waals surface area contributed by atoms with Gasteiger partial charge in [-0.05, 0) is 19.1 Å². The number of allylic oxidation sites excluding steroid dienone is 1. The van der Waals surface area contributed by atoms with Gasteiger partial charge in [0.15, 0.2) is 5.16 Å². The second-order valence-electron chi connectivity index (χ2n) is 5.40. The van der Waals surface area contributed by atoms with E-state index in [1.807, 2.05) is 0 Å². The summed E-state index contributed by atoms with van der Waals surface area (Å²) < 4.78 is 7.85. The van der Waals surface area contributed by atoms with Crippen molar-refractivity contribution in [2.75, 3.05) is 12.4 Å². The predicted molar refractivity (Wildman–Crippen MR) is 101 cm³/mol. The number of amides is 2. The summed E-state index contributed by atoms with van der Waals surface area (Å²) in [6.45, 7) is 5.77. The van der Waals surface area contributed by atoms with Crippen LogP contribution < -0.4 is 10.9 Å². The van der Waals surface area contributed by atoms with Gasteiger partial charge in [0.1, 0.15) is 0 Å². The normalized spacial score (nSPS) is 10.9. The standard InChI is InChI=1S/C17H17N5O4S/c1-3-9-21-14(24)11-7-5-6-8-12(11)22-15(21)19-20-16(22)27-10-13(23)18-17(25)26-4-2/h3,5-8H,1,4,9-10H2,2H3,(H,18,23,25). The number of fused-ring (bicyclic) bond motifs is 3. The van der Waals surface area contributed by atoms with Gasteiger partial charge in [0.05, 0.1) is 23.3 Å². The number of hydrogen-bond acceptors (Lipinski definition) is 7.